The maximum Gasteiger partial charge on any atom is 0.291 e. The molecule has 1 unspecified atom stereocenters. The van der Waals surface area contributed by atoms with Crippen LogP contribution in [0.25, 0.3) is 0 Å². The van der Waals surface area contributed by atoms with Crippen molar-refractivity contribution in [2.24, 2.45) is 4.99 Å². The van der Waals surface area contributed by atoms with Gasteiger partial charge in [0, 0.05) is 25.3 Å². The molecule has 0 spiro atoms. The number of halogens is 1. The van der Waals surface area contributed by atoms with Crippen molar-refractivity contribution in [1.82, 2.24) is 10.6 Å². The predicted octanol–water partition coefficient (Wildman–Crippen LogP) is 2.00. The van der Waals surface area contributed by atoms with Crippen LogP contribution in [0.2, 0.25) is 0 Å². The fourth-order valence-electron chi connectivity index (χ4n) is 2.84. The van der Waals surface area contributed by atoms with Gasteiger partial charge in [0.05, 0.1) is 17.8 Å². The second-order valence-electron chi connectivity index (χ2n) is 6.30. The third kappa shape index (κ3) is 6.23. The maximum absolute atomic E-state index is 12.0. The molecule has 1 aromatic heterocycles. The molecule has 8 nitrogen and oxygen atoms in total. The van der Waals surface area contributed by atoms with Gasteiger partial charge < -0.3 is 20.4 Å². The van der Waals surface area contributed by atoms with Gasteiger partial charge in [-0.15, -0.1) is 24.0 Å². The van der Waals surface area contributed by atoms with E-state index in [9.17, 15) is 13.2 Å². The summed E-state index contributed by atoms with van der Waals surface area (Å²) >= 11 is 0. The van der Waals surface area contributed by atoms with Crippen LogP contribution in [0.4, 0.5) is 5.69 Å². The van der Waals surface area contributed by atoms with Crippen LogP contribution < -0.4 is 16.0 Å². The van der Waals surface area contributed by atoms with E-state index in [1.165, 1.54) is 6.26 Å². The van der Waals surface area contributed by atoms with Gasteiger partial charge in [-0.1, -0.05) is 12.1 Å². The summed E-state index contributed by atoms with van der Waals surface area (Å²) in [5, 5.41) is 9.08. The second kappa shape index (κ2) is 9.92. The SMILES string of the molecule is CN=C(NCc1cccc(NC(=O)c2ccco2)c1)NC1CCS(=O)(=O)C1.I. The van der Waals surface area contributed by atoms with Crippen molar-refractivity contribution in [3.63, 3.8) is 0 Å². The normalized spacial score (nSPS) is 18.2. The van der Waals surface area contributed by atoms with Gasteiger partial charge >= 0.3 is 0 Å². The van der Waals surface area contributed by atoms with Crippen LogP contribution in [-0.4, -0.2) is 44.9 Å². The van der Waals surface area contributed by atoms with E-state index in [1.807, 2.05) is 18.2 Å². The Kier molecular flexibility index (Phi) is 7.87. The van der Waals surface area contributed by atoms with E-state index in [4.69, 9.17) is 4.42 Å². The maximum atomic E-state index is 12.0. The fraction of sp³-hybridized carbons (Fsp3) is 0.333. The zero-order chi connectivity index (χ0) is 19.3. The summed E-state index contributed by atoms with van der Waals surface area (Å²) in [6, 6.07) is 10.5. The third-order valence-corrected chi connectivity index (χ3v) is 5.95. The number of guanidine groups is 1. The Morgan fingerprint density at radius 3 is 2.75 bits per heavy atom. The highest BCUT2D eigenvalue weighted by molar-refractivity contribution is 14.0. The quantitative estimate of drug-likeness (QED) is 0.317. The number of hydrogen-bond acceptors (Lipinski definition) is 5. The van der Waals surface area contributed by atoms with Crippen LogP contribution >= 0.6 is 24.0 Å². The molecule has 2 aromatic rings. The lowest BCUT2D eigenvalue weighted by Crippen LogP contribution is -2.43. The van der Waals surface area contributed by atoms with Crippen LogP contribution in [0.1, 0.15) is 22.5 Å². The van der Waals surface area contributed by atoms with Gasteiger partial charge in [-0.3, -0.25) is 9.79 Å². The van der Waals surface area contributed by atoms with Gasteiger partial charge in [-0.2, -0.15) is 0 Å². The molecule has 1 atom stereocenters. The molecule has 3 rings (SSSR count). The number of anilines is 1. The first-order valence-corrected chi connectivity index (χ1v) is 10.4. The fourth-order valence-corrected chi connectivity index (χ4v) is 4.52. The lowest BCUT2D eigenvalue weighted by molar-refractivity contribution is 0.0996. The first-order valence-electron chi connectivity index (χ1n) is 8.56. The van der Waals surface area contributed by atoms with E-state index < -0.39 is 9.84 Å². The van der Waals surface area contributed by atoms with E-state index in [0.29, 0.717) is 24.6 Å². The van der Waals surface area contributed by atoms with E-state index in [1.54, 1.807) is 25.2 Å². The minimum atomic E-state index is -2.95. The monoisotopic (exact) mass is 518 g/mol. The molecule has 1 amide bonds. The summed E-state index contributed by atoms with van der Waals surface area (Å²) < 4.78 is 28.2. The molecular formula is C18H23IN4O4S. The Bertz CT molecular complexity index is 929. The van der Waals surface area contributed by atoms with Crippen molar-refractivity contribution in [1.29, 1.82) is 0 Å². The molecule has 1 fully saturated rings. The van der Waals surface area contributed by atoms with Crippen molar-refractivity contribution in [3.8, 4) is 0 Å². The number of rotatable bonds is 5. The molecule has 28 heavy (non-hydrogen) atoms. The van der Waals surface area contributed by atoms with Gasteiger partial charge in [0.1, 0.15) is 0 Å². The van der Waals surface area contributed by atoms with Crippen LogP contribution in [0, 0.1) is 0 Å². The van der Waals surface area contributed by atoms with Crippen molar-refractivity contribution in [2.75, 3.05) is 23.9 Å². The van der Waals surface area contributed by atoms with E-state index >= 15 is 0 Å². The Labute approximate surface area is 181 Å². The molecule has 1 aliphatic rings. The molecular weight excluding hydrogens is 495 g/mol. The average Bonchev–Trinajstić information content (AvgIpc) is 3.28. The van der Waals surface area contributed by atoms with Crippen LogP contribution in [0.5, 0.6) is 0 Å². The summed E-state index contributed by atoms with van der Waals surface area (Å²) in [5.74, 6) is 0.808. The number of nitrogens with zero attached hydrogens (tertiary/aromatic N) is 1. The smallest absolute Gasteiger partial charge is 0.291 e. The number of carbonyl (C=O) groups excluding carboxylic acids is 1. The first-order chi connectivity index (χ1) is 12.9. The van der Waals surface area contributed by atoms with E-state index in [2.05, 4.69) is 20.9 Å². The first kappa shape index (κ1) is 22.2. The highest BCUT2D eigenvalue weighted by Crippen LogP contribution is 2.13. The molecule has 2 heterocycles. The number of nitrogens with one attached hydrogen (secondary N) is 3. The van der Waals surface area contributed by atoms with Crippen molar-refractivity contribution in [3.05, 3.63) is 54.0 Å². The minimum Gasteiger partial charge on any atom is -0.459 e. The Morgan fingerprint density at radius 1 is 1.29 bits per heavy atom. The summed E-state index contributed by atoms with van der Waals surface area (Å²) in [5.41, 5.74) is 1.59. The molecule has 0 aliphatic carbocycles. The summed E-state index contributed by atoms with van der Waals surface area (Å²) in [7, 11) is -1.31. The highest BCUT2D eigenvalue weighted by Gasteiger charge is 2.28. The number of benzene rings is 1. The molecule has 1 aliphatic heterocycles. The molecule has 10 heteroatoms. The number of furan rings is 1. The number of amides is 1. The van der Waals surface area contributed by atoms with Crippen molar-refractivity contribution >= 4 is 51.4 Å². The number of sulfone groups is 1. The van der Waals surface area contributed by atoms with Gasteiger partial charge in [0.15, 0.2) is 21.6 Å². The lowest BCUT2D eigenvalue weighted by Gasteiger charge is -2.16. The van der Waals surface area contributed by atoms with Crippen LogP contribution in [0.3, 0.4) is 0 Å². The van der Waals surface area contributed by atoms with E-state index in [-0.39, 0.29) is 53.2 Å². The Balaban J connectivity index is 0.00000280. The lowest BCUT2D eigenvalue weighted by atomic mass is 10.2. The Hall–Kier alpha value is -2.08. The van der Waals surface area contributed by atoms with Crippen molar-refractivity contribution in [2.45, 2.75) is 19.0 Å². The topological polar surface area (TPSA) is 113 Å². The third-order valence-electron chi connectivity index (χ3n) is 4.19. The summed E-state index contributed by atoms with van der Waals surface area (Å²) in [4.78, 5) is 16.2. The van der Waals surface area contributed by atoms with Crippen LogP contribution in [-0.2, 0) is 16.4 Å². The standard InChI is InChI=1S/C18H22N4O4S.HI/c1-19-18(22-15-7-9-27(24,25)12-15)20-11-13-4-2-5-14(10-13)21-17(23)16-6-3-8-26-16;/h2-6,8,10,15H,7,9,11-12H2,1H3,(H,21,23)(H2,19,20,22);1H. The largest absolute Gasteiger partial charge is 0.459 e. The molecule has 0 bridgehead atoms. The molecule has 1 saturated heterocycles. The molecule has 152 valence electrons. The number of hydrogen-bond donors (Lipinski definition) is 3. The minimum absolute atomic E-state index is 0. The average molecular weight is 518 g/mol. The van der Waals surface area contributed by atoms with Gasteiger partial charge in [0.2, 0.25) is 0 Å². The van der Waals surface area contributed by atoms with Crippen LogP contribution in [0.15, 0.2) is 52.1 Å². The second-order valence-corrected chi connectivity index (χ2v) is 8.53. The zero-order valence-electron chi connectivity index (χ0n) is 15.3. The molecule has 0 radical (unpaired) electrons. The van der Waals surface area contributed by atoms with Gasteiger partial charge in [0.25, 0.3) is 5.91 Å². The molecule has 0 saturated carbocycles. The molecule has 3 N–H and O–H groups in total. The highest BCUT2D eigenvalue weighted by atomic mass is 127. The number of aliphatic imine (C=N–C) groups is 1. The van der Waals surface area contributed by atoms with E-state index in [0.717, 1.165) is 5.56 Å². The Morgan fingerprint density at radius 2 is 2.11 bits per heavy atom. The molecule has 1 aromatic carbocycles. The predicted molar refractivity (Wildman–Crippen MR) is 119 cm³/mol. The number of carbonyl (C=O) groups is 1. The van der Waals surface area contributed by atoms with Crippen molar-refractivity contribution < 1.29 is 17.6 Å². The zero-order valence-corrected chi connectivity index (χ0v) is 18.5. The summed E-state index contributed by atoms with van der Waals surface area (Å²) in [6.45, 7) is 0.476. The van der Waals surface area contributed by atoms with Gasteiger partial charge in [-0.25, -0.2) is 8.42 Å². The van der Waals surface area contributed by atoms with Gasteiger partial charge in [-0.05, 0) is 36.2 Å². The summed E-state index contributed by atoms with van der Waals surface area (Å²) in [6.07, 6.45) is 2.03.